The van der Waals surface area contributed by atoms with Gasteiger partial charge >= 0.3 is 5.97 Å². The smallest absolute Gasteiger partial charge is 0.338 e. The van der Waals surface area contributed by atoms with Crippen LogP contribution >= 0.6 is 0 Å². The average Bonchev–Trinajstić information content (AvgIpc) is 2.50. The molecule has 9 nitrogen and oxygen atoms in total. The standard InChI is InChI=1S/C15H20N2O7S/c1-5-15(2,3)16-13(18)9-24-14(19)10-6-7-12(25(4,22)23)11(8-10)17(20)21/h6-8H,5,9H2,1-4H3,(H,16,18). The predicted octanol–water partition coefficient (Wildman–Crippen LogP) is 1.46. The third-order valence-corrected chi connectivity index (χ3v) is 4.63. The van der Waals surface area contributed by atoms with Gasteiger partial charge in [-0.05, 0) is 32.4 Å². The minimum atomic E-state index is -3.83. The Hall–Kier alpha value is -2.49. The fourth-order valence-electron chi connectivity index (χ4n) is 1.82. The molecule has 0 atom stereocenters. The van der Waals surface area contributed by atoms with Gasteiger partial charge in [0, 0.05) is 17.9 Å². The van der Waals surface area contributed by atoms with Gasteiger partial charge in [0.25, 0.3) is 11.6 Å². The van der Waals surface area contributed by atoms with Crippen molar-refractivity contribution >= 4 is 27.4 Å². The molecule has 0 aromatic heterocycles. The number of nitrogens with zero attached hydrogens (tertiary/aromatic N) is 1. The lowest BCUT2D eigenvalue weighted by Gasteiger charge is -2.24. The number of carbonyl (C=O) groups excluding carboxylic acids is 2. The Morgan fingerprint density at radius 2 is 1.92 bits per heavy atom. The van der Waals surface area contributed by atoms with Crippen molar-refractivity contribution in [3.63, 3.8) is 0 Å². The second-order valence-electron chi connectivity index (χ2n) is 6.07. The van der Waals surface area contributed by atoms with E-state index in [1.54, 1.807) is 13.8 Å². The zero-order valence-corrected chi connectivity index (χ0v) is 15.2. The number of esters is 1. The molecule has 0 aliphatic carbocycles. The maximum atomic E-state index is 11.9. The van der Waals surface area contributed by atoms with Crippen molar-refractivity contribution in [2.45, 2.75) is 37.6 Å². The quantitative estimate of drug-likeness (QED) is 0.435. The van der Waals surface area contributed by atoms with E-state index < -0.39 is 49.4 Å². The van der Waals surface area contributed by atoms with E-state index in [9.17, 15) is 28.1 Å². The molecule has 0 aliphatic heterocycles. The highest BCUT2D eigenvalue weighted by atomic mass is 32.2. The van der Waals surface area contributed by atoms with Gasteiger partial charge in [0.05, 0.1) is 10.5 Å². The topological polar surface area (TPSA) is 133 Å². The first kappa shape index (κ1) is 20.6. The lowest BCUT2D eigenvalue weighted by molar-refractivity contribution is -0.387. The molecule has 10 heteroatoms. The summed E-state index contributed by atoms with van der Waals surface area (Å²) in [5.74, 6) is -1.48. The molecule has 0 bridgehead atoms. The van der Waals surface area contributed by atoms with Gasteiger partial charge in [0.15, 0.2) is 16.4 Å². The van der Waals surface area contributed by atoms with Crippen LogP contribution in [0, 0.1) is 10.1 Å². The van der Waals surface area contributed by atoms with E-state index >= 15 is 0 Å². The first-order valence-corrected chi connectivity index (χ1v) is 9.23. The summed E-state index contributed by atoms with van der Waals surface area (Å²) in [4.78, 5) is 33.3. The SMILES string of the molecule is CCC(C)(C)NC(=O)COC(=O)c1ccc(S(C)(=O)=O)c([N+](=O)[O-])c1. The number of ether oxygens (including phenoxy) is 1. The van der Waals surface area contributed by atoms with E-state index in [1.807, 2.05) is 6.92 Å². The van der Waals surface area contributed by atoms with Crippen LogP contribution in [0.4, 0.5) is 5.69 Å². The summed E-state index contributed by atoms with van der Waals surface area (Å²) in [5.41, 5.74) is -1.41. The number of amides is 1. The number of hydrogen-bond acceptors (Lipinski definition) is 7. The highest BCUT2D eigenvalue weighted by molar-refractivity contribution is 7.90. The molecule has 0 heterocycles. The molecule has 1 aromatic carbocycles. The van der Waals surface area contributed by atoms with Crippen molar-refractivity contribution in [2.75, 3.05) is 12.9 Å². The Morgan fingerprint density at radius 1 is 1.32 bits per heavy atom. The zero-order valence-electron chi connectivity index (χ0n) is 14.4. The van der Waals surface area contributed by atoms with E-state index in [2.05, 4.69) is 5.32 Å². The molecule has 1 amide bonds. The van der Waals surface area contributed by atoms with E-state index in [0.717, 1.165) is 24.5 Å². The molecular formula is C15H20N2O7S. The van der Waals surface area contributed by atoms with Crippen molar-refractivity contribution in [2.24, 2.45) is 0 Å². The monoisotopic (exact) mass is 372 g/mol. The van der Waals surface area contributed by atoms with Crippen molar-refractivity contribution in [3.8, 4) is 0 Å². The number of hydrogen-bond donors (Lipinski definition) is 1. The molecule has 138 valence electrons. The third kappa shape index (κ3) is 5.82. The van der Waals surface area contributed by atoms with Crippen LogP contribution in [-0.4, -0.2) is 43.6 Å². The minimum Gasteiger partial charge on any atom is -0.452 e. The fourth-order valence-corrected chi connectivity index (χ4v) is 2.65. The van der Waals surface area contributed by atoms with Crippen LogP contribution in [0.15, 0.2) is 23.1 Å². The van der Waals surface area contributed by atoms with Gasteiger partial charge in [-0.3, -0.25) is 14.9 Å². The Morgan fingerprint density at radius 3 is 2.40 bits per heavy atom. The van der Waals surface area contributed by atoms with Crippen LogP contribution in [0.5, 0.6) is 0 Å². The van der Waals surface area contributed by atoms with Crippen LogP contribution in [0.2, 0.25) is 0 Å². The first-order valence-electron chi connectivity index (χ1n) is 7.34. The number of nitrogens with one attached hydrogen (secondary N) is 1. The number of sulfone groups is 1. The predicted molar refractivity (Wildman–Crippen MR) is 89.0 cm³/mol. The van der Waals surface area contributed by atoms with E-state index in [0.29, 0.717) is 6.42 Å². The highest BCUT2D eigenvalue weighted by Crippen LogP contribution is 2.25. The molecule has 0 saturated heterocycles. The molecule has 1 aromatic rings. The first-order chi connectivity index (χ1) is 11.4. The Bertz CT molecular complexity index is 800. The molecule has 0 fully saturated rings. The number of benzene rings is 1. The summed E-state index contributed by atoms with van der Waals surface area (Å²) in [5, 5.41) is 13.7. The van der Waals surface area contributed by atoms with E-state index in [1.165, 1.54) is 0 Å². The van der Waals surface area contributed by atoms with Gasteiger partial charge in [0.1, 0.15) is 4.90 Å². The van der Waals surface area contributed by atoms with E-state index in [-0.39, 0.29) is 5.56 Å². The summed E-state index contributed by atoms with van der Waals surface area (Å²) >= 11 is 0. The summed E-state index contributed by atoms with van der Waals surface area (Å²) < 4.78 is 27.9. The lowest BCUT2D eigenvalue weighted by atomic mass is 10.0. The second kappa shape index (κ2) is 7.60. The number of rotatable bonds is 7. The van der Waals surface area contributed by atoms with Gasteiger partial charge in [-0.1, -0.05) is 6.92 Å². The molecule has 1 rings (SSSR count). The molecule has 0 aliphatic rings. The highest BCUT2D eigenvalue weighted by Gasteiger charge is 2.25. The zero-order chi connectivity index (χ0) is 19.4. The Balaban J connectivity index is 2.92. The minimum absolute atomic E-state index is 0.221. The Kier molecular flexibility index (Phi) is 6.25. The maximum absolute atomic E-state index is 11.9. The number of carbonyl (C=O) groups is 2. The van der Waals surface area contributed by atoms with E-state index in [4.69, 9.17) is 4.74 Å². The fraction of sp³-hybridized carbons (Fsp3) is 0.467. The van der Waals surface area contributed by atoms with Gasteiger partial charge in [-0.15, -0.1) is 0 Å². The molecule has 0 spiro atoms. The largest absolute Gasteiger partial charge is 0.452 e. The van der Waals surface area contributed by atoms with Crippen LogP contribution in [0.3, 0.4) is 0 Å². The van der Waals surface area contributed by atoms with Crippen LogP contribution in [0.25, 0.3) is 0 Å². The Labute approximate surface area is 145 Å². The van der Waals surface area contributed by atoms with Crippen molar-refractivity contribution in [1.82, 2.24) is 5.32 Å². The summed E-state index contributed by atoms with van der Waals surface area (Å²) in [6.07, 6.45) is 1.50. The molecule has 0 unspecified atom stereocenters. The van der Waals surface area contributed by atoms with Gasteiger partial charge in [0.2, 0.25) is 0 Å². The maximum Gasteiger partial charge on any atom is 0.338 e. The van der Waals surface area contributed by atoms with Crippen LogP contribution in [-0.2, 0) is 19.4 Å². The van der Waals surface area contributed by atoms with Crippen molar-refractivity contribution in [1.29, 1.82) is 0 Å². The normalized spacial score (nSPS) is 11.7. The number of nitro benzene ring substituents is 1. The van der Waals surface area contributed by atoms with Gasteiger partial charge in [-0.2, -0.15) is 0 Å². The summed E-state index contributed by atoms with van der Waals surface area (Å²) in [6.45, 7) is 4.94. The second-order valence-corrected chi connectivity index (χ2v) is 8.06. The number of nitro groups is 1. The van der Waals surface area contributed by atoms with Gasteiger partial charge in [-0.25, -0.2) is 13.2 Å². The van der Waals surface area contributed by atoms with Crippen molar-refractivity contribution < 1.29 is 27.7 Å². The molecule has 25 heavy (non-hydrogen) atoms. The molecule has 0 saturated carbocycles. The molecular weight excluding hydrogens is 352 g/mol. The van der Waals surface area contributed by atoms with Crippen LogP contribution in [0.1, 0.15) is 37.6 Å². The lowest BCUT2D eigenvalue weighted by Crippen LogP contribution is -2.44. The average molecular weight is 372 g/mol. The molecule has 0 radical (unpaired) electrons. The summed E-state index contributed by atoms with van der Waals surface area (Å²) in [7, 11) is -3.83. The van der Waals surface area contributed by atoms with Gasteiger partial charge < -0.3 is 10.1 Å². The van der Waals surface area contributed by atoms with Crippen molar-refractivity contribution in [3.05, 3.63) is 33.9 Å². The third-order valence-electron chi connectivity index (χ3n) is 3.49. The molecule has 1 N–H and O–H groups in total. The van der Waals surface area contributed by atoms with Crippen LogP contribution < -0.4 is 5.32 Å². The summed E-state index contributed by atoms with van der Waals surface area (Å²) in [6, 6.07) is 2.87.